The Morgan fingerprint density at radius 2 is 1.92 bits per heavy atom. The number of rotatable bonds is 3. The van der Waals surface area contributed by atoms with Crippen molar-refractivity contribution in [3.8, 4) is 0 Å². The largest absolute Gasteiger partial charge is 0.510 e. The highest BCUT2D eigenvalue weighted by atomic mass is 16.5. The molecule has 0 aromatic heterocycles. The fraction of sp³-hybridized carbons (Fsp3) is 0.421. The molecule has 0 unspecified atom stereocenters. The van der Waals surface area contributed by atoms with Crippen LogP contribution in [0.25, 0.3) is 0 Å². The Morgan fingerprint density at radius 1 is 1.28 bits per heavy atom. The first-order valence-electron chi connectivity index (χ1n) is 8.46. The van der Waals surface area contributed by atoms with Crippen LogP contribution in [-0.2, 0) is 14.3 Å². The van der Waals surface area contributed by atoms with E-state index in [2.05, 4.69) is 10.3 Å². The predicted molar refractivity (Wildman–Crippen MR) is 93.0 cm³/mol. The van der Waals surface area contributed by atoms with Crippen molar-refractivity contribution >= 4 is 17.7 Å². The van der Waals surface area contributed by atoms with Gasteiger partial charge in [-0.1, -0.05) is 43.2 Å². The number of benzene rings is 1. The normalized spacial score (nSPS) is 22.2. The summed E-state index contributed by atoms with van der Waals surface area (Å²) in [5, 5.41) is 13.5. The highest BCUT2D eigenvalue weighted by Crippen LogP contribution is 2.46. The van der Waals surface area contributed by atoms with Crippen LogP contribution < -0.4 is 5.32 Å². The molecule has 2 N–H and O–H groups in total. The second kappa shape index (κ2) is 6.70. The average Bonchev–Trinajstić information content (AvgIpc) is 3.12. The topological polar surface area (TPSA) is 88.0 Å². The molecule has 0 bridgehead atoms. The number of amides is 1. The fourth-order valence-corrected chi connectivity index (χ4v) is 3.58. The molecule has 1 saturated carbocycles. The van der Waals surface area contributed by atoms with E-state index < -0.39 is 11.4 Å². The van der Waals surface area contributed by atoms with Gasteiger partial charge in [-0.3, -0.25) is 9.79 Å². The number of hydrogen-bond donors (Lipinski definition) is 2. The molecule has 1 spiro atoms. The molecule has 2 aliphatic rings. The maximum atomic E-state index is 12.7. The van der Waals surface area contributed by atoms with Crippen LogP contribution in [0.15, 0.2) is 46.7 Å². The first-order valence-corrected chi connectivity index (χ1v) is 8.46. The summed E-state index contributed by atoms with van der Waals surface area (Å²) in [6, 6.07) is 9.24. The summed E-state index contributed by atoms with van der Waals surface area (Å²) in [5.41, 5.74) is -0.126. The van der Waals surface area contributed by atoms with Crippen molar-refractivity contribution in [1.82, 2.24) is 5.32 Å². The third-order valence-electron chi connectivity index (χ3n) is 5.04. The first kappa shape index (κ1) is 17.2. The van der Waals surface area contributed by atoms with Crippen LogP contribution >= 0.6 is 0 Å². The smallest absolute Gasteiger partial charge is 0.345 e. The lowest BCUT2D eigenvalue weighted by Gasteiger charge is -2.33. The Kier molecular flexibility index (Phi) is 4.61. The summed E-state index contributed by atoms with van der Waals surface area (Å²) in [4.78, 5) is 29.4. The summed E-state index contributed by atoms with van der Waals surface area (Å²) in [7, 11) is 1.25. The number of aliphatic hydroxyl groups excluding tert-OH is 1. The molecule has 1 atom stereocenters. The molecule has 25 heavy (non-hydrogen) atoms. The van der Waals surface area contributed by atoms with Gasteiger partial charge in [0.2, 0.25) is 5.91 Å². The van der Waals surface area contributed by atoms with Gasteiger partial charge in [0.25, 0.3) is 0 Å². The van der Waals surface area contributed by atoms with E-state index in [-0.39, 0.29) is 29.1 Å². The Hall–Kier alpha value is -2.63. The molecule has 1 aliphatic carbocycles. The summed E-state index contributed by atoms with van der Waals surface area (Å²) < 4.78 is 4.83. The Labute approximate surface area is 146 Å². The quantitative estimate of drug-likeness (QED) is 0.827. The zero-order chi connectivity index (χ0) is 18.0. The molecule has 1 aromatic rings. The van der Waals surface area contributed by atoms with E-state index in [1.165, 1.54) is 7.11 Å². The number of nitrogens with zero attached hydrogens (tertiary/aromatic N) is 1. The van der Waals surface area contributed by atoms with Crippen molar-refractivity contribution in [1.29, 1.82) is 0 Å². The van der Waals surface area contributed by atoms with Gasteiger partial charge < -0.3 is 15.2 Å². The first-order chi connectivity index (χ1) is 12.0. The number of hydrogen-bond acceptors (Lipinski definition) is 5. The molecular weight excluding hydrogens is 320 g/mol. The van der Waals surface area contributed by atoms with Crippen LogP contribution in [0.3, 0.4) is 0 Å². The van der Waals surface area contributed by atoms with E-state index in [1.54, 1.807) is 0 Å². The minimum absolute atomic E-state index is 0.0354. The Bertz CT molecular complexity index is 746. The third-order valence-corrected chi connectivity index (χ3v) is 5.04. The number of aliphatic hydroxyl groups is 1. The van der Waals surface area contributed by atoms with Gasteiger partial charge in [-0.05, 0) is 25.3 Å². The number of methoxy groups -OCH3 is 1. The van der Waals surface area contributed by atoms with Crippen LogP contribution in [0.1, 0.15) is 44.2 Å². The minimum atomic E-state index is -1.03. The van der Waals surface area contributed by atoms with E-state index in [0.717, 1.165) is 18.4 Å². The van der Waals surface area contributed by atoms with E-state index >= 15 is 0 Å². The molecule has 6 heteroatoms. The lowest BCUT2D eigenvalue weighted by Crippen LogP contribution is -2.51. The van der Waals surface area contributed by atoms with Gasteiger partial charge in [0, 0.05) is 0 Å². The molecule has 132 valence electrons. The SMILES string of the molecule is COC(=O)C1=C(O)C2(CCCC2)C(=O)NC1=N[C@@H](C)c1ccccc1. The minimum Gasteiger partial charge on any atom is -0.510 e. The zero-order valence-corrected chi connectivity index (χ0v) is 14.4. The molecule has 6 nitrogen and oxygen atoms in total. The Balaban J connectivity index is 2.06. The second-order valence-corrected chi connectivity index (χ2v) is 6.52. The lowest BCUT2D eigenvalue weighted by atomic mass is 9.78. The van der Waals surface area contributed by atoms with E-state index in [9.17, 15) is 14.7 Å². The summed E-state index contributed by atoms with van der Waals surface area (Å²) in [6.07, 6.45) is 2.71. The predicted octanol–water partition coefficient (Wildman–Crippen LogP) is 2.82. The molecule has 1 aliphatic heterocycles. The molecule has 1 aromatic carbocycles. The van der Waals surface area contributed by atoms with Crippen LogP contribution in [0.5, 0.6) is 0 Å². The molecular formula is C19H22N2O4. The maximum Gasteiger partial charge on any atom is 0.345 e. The molecule has 1 heterocycles. The van der Waals surface area contributed by atoms with Gasteiger partial charge in [0.1, 0.15) is 22.6 Å². The number of carbonyl (C=O) groups excluding carboxylic acids is 2. The molecule has 1 fully saturated rings. The number of ether oxygens (including phenoxy) is 1. The molecule has 0 radical (unpaired) electrons. The second-order valence-electron chi connectivity index (χ2n) is 6.52. The van der Waals surface area contributed by atoms with Crippen LogP contribution in [0, 0.1) is 5.41 Å². The number of esters is 1. The number of carbonyl (C=O) groups is 2. The Morgan fingerprint density at radius 3 is 2.52 bits per heavy atom. The summed E-state index contributed by atoms with van der Waals surface area (Å²) in [6.45, 7) is 1.86. The van der Waals surface area contributed by atoms with Gasteiger partial charge >= 0.3 is 5.97 Å². The standard InChI is InChI=1S/C19H22N2O4/c1-12(13-8-4-3-5-9-13)20-16-14(17(23)25-2)15(22)19(18(24)21-16)10-6-7-11-19/h3-5,8-9,12,22H,6-7,10-11H2,1-2H3,(H,20,21,24)/t12-/m0/s1. The number of nitrogens with one attached hydrogen (secondary N) is 1. The van der Waals surface area contributed by atoms with E-state index in [1.807, 2.05) is 37.3 Å². The van der Waals surface area contributed by atoms with Crippen molar-refractivity contribution in [2.24, 2.45) is 10.4 Å². The maximum absolute atomic E-state index is 12.7. The van der Waals surface area contributed by atoms with Gasteiger partial charge in [-0.25, -0.2) is 4.79 Å². The van der Waals surface area contributed by atoms with Crippen molar-refractivity contribution < 1.29 is 19.4 Å². The monoisotopic (exact) mass is 342 g/mol. The summed E-state index contributed by atoms with van der Waals surface area (Å²) in [5.74, 6) is -1.13. The van der Waals surface area contributed by atoms with E-state index in [0.29, 0.717) is 12.8 Å². The number of amidine groups is 1. The van der Waals surface area contributed by atoms with Crippen molar-refractivity contribution in [2.75, 3.05) is 7.11 Å². The van der Waals surface area contributed by atoms with Gasteiger partial charge in [0.05, 0.1) is 13.2 Å². The third kappa shape index (κ3) is 2.92. The van der Waals surface area contributed by atoms with Crippen LogP contribution in [-0.4, -0.2) is 29.9 Å². The molecule has 1 amide bonds. The van der Waals surface area contributed by atoms with Crippen molar-refractivity contribution in [3.63, 3.8) is 0 Å². The zero-order valence-electron chi connectivity index (χ0n) is 14.4. The van der Waals surface area contributed by atoms with Gasteiger partial charge in [0.15, 0.2) is 0 Å². The highest BCUT2D eigenvalue weighted by Gasteiger charge is 2.51. The van der Waals surface area contributed by atoms with Crippen molar-refractivity contribution in [2.45, 2.75) is 38.6 Å². The lowest BCUT2D eigenvalue weighted by molar-refractivity contribution is -0.136. The highest BCUT2D eigenvalue weighted by molar-refractivity contribution is 6.26. The average molecular weight is 342 g/mol. The van der Waals surface area contributed by atoms with Crippen LogP contribution in [0.2, 0.25) is 0 Å². The summed E-state index contributed by atoms with van der Waals surface area (Å²) >= 11 is 0. The number of aliphatic imine (C=N–C) groups is 1. The van der Waals surface area contributed by atoms with Crippen molar-refractivity contribution in [3.05, 3.63) is 47.2 Å². The van der Waals surface area contributed by atoms with Crippen LogP contribution in [0.4, 0.5) is 0 Å². The van der Waals surface area contributed by atoms with E-state index in [4.69, 9.17) is 4.74 Å². The van der Waals surface area contributed by atoms with Gasteiger partial charge in [-0.15, -0.1) is 0 Å². The fourth-order valence-electron chi connectivity index (χ4n) is 3.58. The molecule has 0 saturated heterocycles. The molecule has 3 rings (SSSR count). The van der Waals surface area contributed by atoms with Gasteiger partial charge in [-0.2, -0.15) is 0 Å².